The first-order chi connectivity index (χ1) is 9.54. The summed E-state index contributed by atoms with van der Waals surface area (Å²) in [6.07, 6.45) is 2.84. The molecule has 114 valence electrons. The van der Waals surface area contributed by atoms with Gasteiger partial charge in [-0.15, -0.1) is 0 Å². The Morgan fingerprint density at radius 1 is 1.20 bits per heavy atom. The van der Waals surface area contributed by atoms with Crippen LogP contribution in [0.3, 0.4) is 0 Å². The number of rotatable bonds is 7. The van der Waals surface area contributed by atoms with E-state index in [4.69, 9.17) is 5.11 Å². The maximum Gasteiger partial charge on any atom is 0.314 e. The molecule has 1 rings (SSSR count). The van der Waals surface area contributed by atoms with Crippen LogP contribution in [0.5, 0.6) is 0 Å². The molecule has 0 aliphatic carbocycles. The number of nitrogens with zero attached hydrogens (tertiary/aromatic N) is 1. The van der Waals surface area contributed by atoms with E-state index in [9.17, 15) is 14.4 Å². The molecule has 0 saturated carbocycles. The van der Waals surface area contributed by atoms with Crippen molar-refractivity contribution < 1.29 is 19.5 Å². The second kappa shape index (κ2) is 8.39. The Bertz CT molecular complexity index is 354. The molecule has 1 aliphatic rings. The third-order valence-corrected chi connectivity index (χ3v) is 3.43. The average Bonchev–Trinajstić information content (AvgIpc) is 2.92. The van der Waals surface area contributed by atoms with Gasteiger partial charge in [-0.2, -0.15) is 0 Å². The van der Waals surface area contributed by atoms with Gasteiger partial charge < -0.3 is 20.6 Å². The van der Waals surface area contributed by atoms with Crippen molar-refractivity contribution >= 4 is 17.9 Å². The number of aliphatic carboxylic acids is 1. The minimum atomic E-state index is -0.919. The summed E-state index contributed by atoms with van der Waals surface area (Å²) >= 11 is 0. The summed E-state index contributed by atoms with van der Waals surface area (Å²) in [6.45, 7) is 3.74. The highest BCUT2D eigenvalue weighted by Gasteiger charge is 2.18. The van der Waals surface area contributed by atoms with Gasteiger partial charge in [0.1, 0.15) is 0 Å². The lowest BCUT2D eigenvalue weighted by atomic mass is 10.1. The molecule has 3 amide bonds. The summed E-state index contributed by atoms with van der Waals surface area (Å²) in [5, 5.41) is 13.9. The molecule has 3 N–H and O–H groups in total. The van der Waals surface area contributed by atoms with Crippen LogP contribution in [0, 0.1) is 5.92 Å². The van der Waals surface area contributed by atoms with Gasteiger partial charge in [0.2, 0.25) is 5.91 Å². The lowest BCUT2D eigenvalue weighted by Gasteiger charge is -2.15. The van der Waals surface area contributed by atoms with Crippen LogP contribution in [0.1, 0.15) is 32.6 Å². The van der Waals surface area contributed by atoms with Crippen molar-refractivity contribution in [1.29, 1.82) is 0 Å². The molecule has 0 bridgehead atoms. The maximum atomic E-state index is 11.7. The Labute approximate surface area is 118 Å². The fourth-order valence-corrected chi connectivity index (χ4v) is 2.09. The molecule has 0 aromatic carbocycles. The average molecular weight is 285 g/mol. The highest BCUT2D eigenvalue weighted by atomic mass is 16.4. The number of amides is 3. The van der Waals surface area contributed by atoms with E-state index in [0.717, 1.165) is 25.9 Å². The van der Waals surface area contributed by atoms with Crippen molar-refractivity contribution in [3.05, 3.63) is 0 Å². The standard InChI is InChI=1S/C13H23N3O4/c1-2-10(12(18)19)9-15-13(20)14-6-5-11(17)16-7-3-4-8-16/h10H,2-9H2,1H3,(H,18,19)(H2,14,15,20). The number of carbonyl (C=O) groups excluding carboxylic acids is 2. The summed E-state index contributed by atoms with van der Waals surface area (Å²) < 4.78 is 0. The molecule has 1 heterocycles. The second-order valence-corrected chi connectivity index (χ2v) is 4.92. The van der Waals surface area contributed by atoms with E-state index in [1.165, 1.54) is 0 Å². The molecule has 1 aliphatic heterocycles. The Morgan fingerprint density at radius 3 is 2.40 bits per heavy atom. The number of carboxylic acid groups (broad SMARTS) is 1. The second-order valence-electron chi connectivity index (χ2n) is 4.92. The van der Waals surface area contributed by atoms with Crippen molar-refractivity contribution in [3.63, 3.8) is 0 Å². The van der Waals surface area contributed by atoms with Crippen LogP contribution in [0.15, 0.2) is 0 Å². The molecule has 0 radical (unpaired) electrons. The molecule has 0 spiro atoms. The quantitative estimate of drug-likeness (QED) is 0.631. The van der Waals surface area contributed by atoms with Crippen LogP contribution in [-0.4, -0.2) is 54.1 Å². The van der Waals surface area contributed by atoms with E-state index in [1.54, 1.807) is 11.8 Å². The fourth-order valence-electron chi connectivity index (χ4n) is 2.09. The van der Waals surface area contributed by atoms with E-state index >= 15 is 0 Å². The lowest BCUT2D eigenvalue weighted by Crippen LogP contribution is -2.41. The first kappa shape index (κ1) is 16.3. The monoisotopic (exact) mass is 285 g/mol. The molecule has 0 aromatic heterocycles. The van der Waals surface area contributed by atoms with Crippen LogP contribution in [0.25, 0.3) is 0 Å². The highest BCUT2D eigenvalue weighted by Crippen LogP contribution is 2.08. The van der Waals surface area contributed by atoms with Crippen molar-refractivity contribution in [1.82, 2.24) is 15.5 Å². The van der Waals surface area contributed by atoms with Crippen LogP contribution in [0.4, 0.5) is 4.79 Å². The van der Waals surface area contributed by atoms with Crippen LogP contribution in [0.2, 0.25) is 0 Å². The van der Waals surface area contributed by atoms with E-state index in [0.29, 0.717) is 6.42 Å². The summed E-state index contributed by atoms with van der Waals surface area (Å²) in [5.41, 5.74) is 0. The van der Waals surface area contributed by atoms with Gasteiger partial charge in [-0.1, -0.05) is 6.92 Å². The minimum absolute atomic E-state index is 0.0553. The summed E-state index contributed by atoms with van der Waals surface area (Å²) in [6, 6.07) is -0.432. The largest absolute Gasteiger partial charge is 0.481 e. The molecule has 1 fully saturated rings. The normalized spacial score (nSPS) is 15.8. The molecular weight excluding hydrogens is 262 g/mol. The number of likely N-dealkylation sites (tertiary alicyclic amines) is 1. The van der Waals surface area contributed by atoms with E-state index < -0.39 is 17.9 Å². The van der Waals surface area contributed by atoms with Crippen molar-refractivity contribution in [2.45, 2.75) is 32.6 Å². The third-order valence-electron chi connectivity index (χ3n) is 3.43. The molecule has 1 saturated heterocycles. The van der Waals surface area contributed by atoms with Gasteiger partial charge in [-0.3, -0.25) is 9.59 Å². The molecule has 7 nitrogen and oxygen atoms in total. The number of urea groups is 1. The first-order valence-electron chi connectivity index (χ1n) is 7.06. The van der Waals surface area contributed by atoms with E-state index in [1.807, 2.05) is 0 Å². The van der Waals surface area contributed by atoms with E-state index in [-0.39, 0.29) is 25.4 Å². The van der Waals surface area contributed by atoms with Gasteiger partial charge in [0, 0.05) is 32.6 Å². The Kier molecular flexibility index (Phi) is 6.83. The minimum Gasteiger partial charge on any atom is -0.481 e. The Hall–Kier alpha value is -1.79. The molecule has 7 heteroatoms. The first-order valence-corrected chi connectivity index (χ1v) is 7.06. The Balaban J connectivity index is 2.13. The predicted octanol–water partition coefficient (Wildman–Crippen LogP) is 0.409. The van der Waals surface area contributed by atoms with Crippen LogP contribution < -0.4 is 10.6 Å². The maximum absolute atomic E-state index is 11.7. The Morgan fingerprint density at radius 2 is 1.85 bits per heavy atom. The third kappa shape index (κ3) is 5.46. The van der Waals surface area contributed by atoms with Crippen molar-refractivity contribution in [2.24, 2.45) is 5.92 Å². The SMILES string of the molecule is CCC(CNC(=O)NCCC(=O)N1CCCC1)C(=O)O. The van der Waals surface area contributed by atoms with Crippen molar-refractivity contribution in [3.8, 4) is 0 Å². The topological polar surface area (TPSA) is 98.7 Å². The van der Waals surface area contributed by atoms with Crippen LogP contribution in [-0.2, 0) is 9.59 Å². The van der Waals surface area contributed by atoms with Gasteiger partial charge in [0.25, 0.3) is 0 Å². The number of hydrogen-bond donors (Lipinski definition) is 3. The van der Waals surface area contributed by atoms with Gasteiger partial charge in [0.05, 0.1) is 5.92 Å². The zero-order valence-corrected chi connectivity index (χ0v) is 11.9. The molecule has 1 unspecified atom stereocenters. The molecule has 0 aromatic rings. The van der Waals surface area contributed by atoms with Crippen molar-refractivity contribution in [2.75, 3.05) is 26.2 Å². The van der Waals surface area contributed by atoms with Crippen LogP contribution >= 0.6 is 0 Å². The fraction of sp³-hybridized carbons (Fsp3) is 0.769. The van der Waals surface area contributed by atoms with E-state index in [2.05, 4.69) is 10.6 Å². The smallest absolute Gasteiger partial charge is 0.314 e. The number of carboxylic acids is 1. The zero-order chi connectivity index (χ0) is 15.0. The predicted molar refractivity (Wildman–Crippen MR) is 73.2 cm³/mol. The summed E-state index contributed by atoms with van der Waals surface area (Å²) in [5.74, 6) is -1.44. The van der Waals surface area contributed by atoms with Gasteiger partial charge in [-0.05, 0) is 19.3 Å². The lowest BCUT2D eigenvalue weighted by molar-refractivity contribution is -0.141. The van der Waals surface area contributed by atoms with Gasteiger partial charge >= 0.3 is 12.0 Å². The molecule has 1 atom stereocenters. The summed E-state index contributed by atoms with van der Waals surface area (Å²) in [7, 11) is 0. The molecule has 20 heavy (non-hydrogen) atoms. The summed E-state index contributed by atoms with van der Waals surface area (Å²) in [4.78, 5) is 35.7. The number of carbonyl (C=O) groups is 3. The molecular formula is C13H23N3O4. The number of hydrogen-bond acceptors (Lipinski definition) is 3. The highest BCUT2D eigenvalue weighted by molar-refractivity contribution is 5.79. The number of nitrogens with one attached hydrogen (secondary N) is 2. The zero-order valence-electron chi connectivity index (χ0n) is 11.9. The van der Waals surface area contributed by atoms with Gasteiger partial charge in [-0.25, -0.2) is 4.79 Å². The van der Waals surface area contributed by atoms with Gasteiger partial charge in [0.15, 0.2) is 0 Å².